The van der Waals surface area contributed by atoms with Crippen LogP contribution >= 0.6 is 0 Å². The molecule has 0 unspecified atom stereocenters. The fourth-order valence-electron chi connectivity index (χ4n) is 3.32. The van der Waals surface area contributed by atoms with Crippen molar-refractivity contribution in [2.75, 3.05) is 33.3 Å². The summed E-state index contributed by atoms with van der Waals surface area (Å²) in [5, 5.41) is 2.99. The van der Waals surface area contributed by atoms with Gasteiger partial charge in [0.15, 0.2) is 0 Å². The van der Waals surface area contributed by atoms with Crippen molar-refractivity contribution in [2.45, 2.75) is 19.5 Å². The topological polar surface area (TPSA) is 61.9 Å². The van der Waals surface area contributed by atoms with Crippen LogP contribution in [0.4, 0.5) is 0 Å². The van der Waals surface area contributed by atoms with Gasteiger partial charge >= 0.3 is 0 Å². The fraction of sp³-hybridized carbons (Fsp3) is 0.364. The molecule has 1 aliphatic heterocycles. The molecule has 0 aliphatic carbocycles. The lowest BCUT2D eigenvalue weighted by Crippen LogP contribution is -2.54. The molecule has 1 heterocycles. The molecule has 0 spiro atoms. The summed E-state index contributed by atoms with van der Waals surface area (Å²) in [7, 11) is 1.63. The third kappa shape index (κ3) is 4.89. The highest BCUT2D eigenvalue weighted by atomic mass is 16.5. The van der Waals surface area contributed by atoms with Gasteiger partial charge in [-0.25, -0.2) is 0 Å². The third-order valence-corrected chi connectivity index (χ3v) is 5.18. The zero-order valence-electron chi connectivity index (χ0n) is 16.4. The van der Waals surface area contributed by atoms with Crippen LogP contribution in [-0.4, -0.2) is 60.9 Å². The third-order valence-electron chi connectivity index (χ3n) is 5.18. The van der Waals surface area contributed by atoms with Gasteiger partial charge in [-0.1, -0.05) is 30.3 Å². The number of carbonyl (C=O) groups is 2. The van der Waals surface area contributed by atoms with E-state index in [1.807, 2.05) is 66.4 Å². The van der Waals surface area contributed by atoms with E-state index in [0.717, 1.165) is 11.3 Å². The molecule has 3 rings (SSSR count). The predicted octanol–water partition coefficient (Wildman–Crippen LogP) is 2.16. The van der Waals surface area contributed by atoms with Crippen LogP contribution in [0.2, 0.25) is 0 Å². The minimum Gasteiger partial charge on any atom is -0.497 e. The van der Waals surface area contributed by atoms with E-state index in [9.17, 15) is 9.59 Å². The SMILES string of the molecule is COc1ccc(CNC(=O)[C@H](C)N2CCN(C(=O)c3ccccc3)CC2)cc1. The van der Waals surface area contributed by atoms with Crippen molar-refractivity contribution in [2.24, 2.45) is 0 Å². The fourth-order valence-corrected chi connectivity index (χ4v) is 3.32. The molecule has 2 aromatic rings. The van der Waals surface area contributed by atoms with E-state index in [4.69, 9.17) is 4.74 Å². The lowest BCUT2D eigenvalue weighted by Gasteiger charge is -2.37. The molecule has 0 saturated carbocycles. The van der Waals surface area contributed by atoms with Crippen molar-refractivity contribution >= 4 is 11.8 Å². The van der Waals surface area contributed by atoms with Crippen LogP contribution in [0.15, 0.2) is 54.6 Å². The van der Waals surface area contributed by atoms with Crippen LogP contribution in [0.5, 0.6) is 5.75 Å². The van der Waals surface area contributed by atoms with Crippen LogP contribution in [0.25, 0.3) is 0 Å². The second kappa shape index (κ2) is 9.37. The Labute approximate surface area is 166 Å². The number of methoxy groups -OCH3 is 1. The Kier molecular flexibility index (Phi) is 6.66. The van der Waals surface area contributed by atoms with Gasteiger partial charge in [0.05, 0.1) is 13.2 Å². The van der Waals surface area contributed by atoms with Gasteiger partial charge in [0.25, 0.3) is 5.91 Å². The Hall–Kier alpha value is -2.86. The molecule has 0 bridgehead atoms. The molecule has 2 amide bonds. The summed E-state index contributed by atoms with van der Waals surface area (Å²) >= 11 is 0. The highest BCUT2D eigenvalue weighted by molar-refractivity contribution is 5.94. The molecule has 0 aromatic heterocycles. The van der Waals surface area contributed by atoms with Crippen LogP contribution < -0.4 is 10.1 Å². The monoisotopic (exact) mass is 381 g/mol. The van der Waals surface area contributed by atoms with E-state index < -0.39 is 0 Å². The van der Waals surface area contributed by atoms with Crippen LogP contribution in [-0.2, 0) is 11.3 Å². The van der Waals surface area contributed by atoms with E-state index in [-0.39, 0.29) is 17.9 Å². The van der Waals surface area contributed by atoms with Crippen molar-refractivity contribution in [3.8, 4) is 5.75 Å². The molecule has 0 radical (unpaired) electrons. The number of amides is 2. The Morgan fingerprint density at radius 3 is 2.25 bits per heavy atom. The standard InChI is InChI=1S/C22H27N3O3/c1-17(21(26)23-16-18-8-10-20(28-2)11-9-18)24-12-14-25(15-13-24)22(27)19-6-4-3-5-7-19/h3-11,17H,12-16H2,1-2H3,(H,23,26)/t17-/m0/s1. The van der Waals surface area contributed by atoms with Gasteiger partial charge in [0, 0.05) is 38.3 Å². The second-order valence-corrected chi connectivity index (χ2v) is 6.94. The molecule has 1 atom stereocenters. The normalized spacial score (nSPS) is 15.7. The minimum absolute atomic E-state index is 0.00125. The summed E-state index contributed by atoms with van der Waals surface area (Å²) in [5.74, 6) is 0.849. The number of ether oxygens (including phenoxy) is 1. The molecule has 28 heavy (non-hydrogen) atoms. The smallest absolute Gasteiger partial charge is 0.253 e. The van der Waals surface area contributed by atoms with Crippen molar-refractivity contribution < 1.29 is 14.3 Å². The minimum atomic E-state index is -0.229. The van der Waals surface area contributed by atoms with Gasteiger partial charge in [-0.3, -0.25) is 14.5 Å². The van der Waals surface area contributed by atoms with Crippen molar-refractivity contribution in [1.82, 2.24) is 15.1 Å². The van der Waals surface area contributed by atoms with Crippen molar-refractivity contribution in [3.63, 3.8) is 0 Å². The first-order chi connectivity index (χ1) is 13.6. The molecule has 6 heteroatoms. The van der Waals surface area contributed by atoms with E-state index in [1.54, 1.807) is 7.11 Å². The zero-order valence-corrected chi connectivity index (χ0v) is 16.4. The van der Waals surface area contributed by atoms with Crippen molar-refractivity contribution in [3.05, 3.63) is 65.7 Å². The lowest BCUT2D eigenvalue weighted by molar-refractivity contribution is -0.126. The maximum atomic E-state index is 12.5. The summed E-state index contributed by atoms with van der Waals surface area (Å²) in [6, 6.07) is 16.7. The maximum absolute atomic E-state index is 12.5. The van der Waals surface area contributed by atoms with E-state index in [0.29, 0.717) is 38.3 Å². The Morgan fingerprint density at radius 1 is 1.00 bits per heavy atom. The molecule has 6 nitrogen and oxygen atoms in total. The number of hydrogen-bond donors (Lipinski definition) is 1. The lowest BCUT2D eigenvalue weighted by atomic mass is 10.1. The Balaban J connectivity index is 1.46. The average Bonchev–Trinajstić information content (AvgIpc) is 2.77. The second-order valence-electron chi connectivity index (χ2n) is 6.94. The predicted molar refractivity (Wildman–Crippen MR) is 108 cm³/mol. The van der Waals surface area contributed by atoms with Gasteiger partial charge in [0.2, 0.25) is 5.91 Å². The number of hydrogen-bond acceptors (Lipinski definition) is 4. The van der Waals surface area contributed by atoms with E-state index in [2.05, 4.69) is 10.2 Å². The van der Waals surface area contributed by atoms with Gasteiger partial charge in [-0.2, -0.15) is 0 Å². The Bertz CT molecular complexity index is 784. The quantitative estimate of drug-likeness (QED) is 0.833. The number of carbonyl (C=O) groups excluding carboxylic acids is 2. The molecule has 148 valence electrons. The van der Waals surface area contributed by atoms with Gasteiger partial charge < -0.3 is 15.0 Å². The van der Waals surface area contributed by atoms with Crippen LogP contribution in [0.1, 0.15) is 22.8 Å². The molecule has 1 N–H and O–H groups in total. The summed E-state index contributed by atoms with van der Waals surface area (Å²) < 4.78 is 5.14. The van der Waals surface area contributed by atoms with Gasteiger partial charge in [0.1, 0.15) is 5.75 Å². The number of rotatable bonds is 6. The molecular weight excluding hydrogens is 354 g/mol. The zero-order chi connectivity index (χ0) is 19.9. The first-order valence-corrected chi connectivity index (χ1v) is 9.57. The van der Waals surface area contributed by atoms with Gasteiger partial charge in [-0.05, 0) is 36.8 Å². The maximum Gasteiger partial charge on any atom is 0.253 e. The van der Waals surface area contributed by atoms with Crippen LogP contribution in [0.3, 0.4) is 0 Å². The molecule has 2 aromatic carbocycles. The number of piperazine rings is 1. The van der Waals surface area contributed by atoms with E-state index in [1.165, 1.54) is 0 Å². The first-order valence-electron chi connectivity index (χ1n) is 9.57. The largest absolute Gasteiger partial charge is 0.497 e. The summed E-state index contributed by atoms with van der Waals surface area (Å²) in [5.41, 5.74) is 1.74. The molecule has 1 saturated heterocycles. The van der Waals surface area contributed by atoms with Crippen molar-refractivity contribution in [1.29, 1.82) is 0 Å². The molecule has 1 fully saturated rings. The van der Waals surface area contributed by atoms with E-state index >= 15 is 0 Å². The number of nitrogens with one attached hydrogen (secondary N) is 1. The van der Waals surface area contributed by atoms with Gasteiger partial charge in [-0.15, -0.1) is 0 Å². The molecular formula is C22H27N3O3. The summed E-state index contributed by atoms with van der Waals surface area (Å²) in [4.78, 5) is 29.0. The molecule has 1 aliphatic rings. The Morgan fingerprint density at radius 2 is 1.64 bits per heavy atom. The highest BCUT2D eigenvalue weighted by Gasteiger charge is 2.27. The average molecular weight is 381 g/mol. The number of benzene rings is 2. The summed E-state index contributed by atoms with van der Waals surface area (Å²) in [6.07, 6.45) is 0. The van der Waals surface area contributed by atoms with Crippen LogP contribution in [0, 0.1) is 0 Å². The summed E-state index contributed by atoms with van der Waals surface area (Å²) in [6.45, 7) is 5.04. The highest BCUT2D eigenvalue weighted by Crippen LogP contribution is 2.13. The first kappa shape index (κ1) is 19.9. The number of nitrogens with zero attached hydrogens (tertiary/aromatic N) is 2.